The number of hydrogen-bond donors (Lipinski definition) is 2. The number of ether oxygens (including phenoxy) is 2. The maximum absolute atomic E-state index is 12.5. The Bertz CT molecular complexity index is 857. The van der Waals surface area contributed by atoms with E-state index in [0.29, 0.717) is 18.9 Å². The second-order valence-corrected chi connectivity index (χ2v) is 11.4. The molecule has 0 spiro atoms. The molecule has 0 bridgehead atoms. The zero-order valence-corrected chi connectivity index (χ0v) is 21.4. The van der Waals surface area contributed by atoms with Crippen LogP contribution >= 0.6 is 0 Å². The molecule has 4 atom stereocenters. The molecule has 188 valence electrons. The molecule has 2 fully saturated rings. The van der Waals surface area contributed by atoms with Gasteiger partial charge in [0.25, 0.3) is 10.2 Å². The maximum atomic E-state index is 12.5. The van der Waals surface area contributed by atoms with Crippen LogP contribution < -0.4 is 4.72 Å². The first-order valence-corrected chi connectivity index (χ1v) is 13.5. The van der Waals surface area contributed by atoms with Gasteiger partial charge in [-0.2, -0.15) is 17.4 Å². The van der Waals surface area contributed by atoms with E-state index in [1.807, 2.05) is 11.8 Å². The monoisotopic (exact) mass is 483 g/mol. The summed E-state index contributed by atoms with van der Waals surface area (Å²) in [6, 6.07) is 7.99. The first kappa shape index (κ1) is 26.5. The lowest BCUT2D eigenvalue weighted by atomic mass is 9.80. The summed E-state index contributed by atoms with van der Waals surface area (Å²) in [7, 11) is 0.850. The fraction of sp³-hybridized carbons (Fsp3) is 0.750. The molecule has 1 saturated heterocycles. The van der Waals surface area contributed by atoms with Crippen molar-refractivity contribution < 1.29 is 23.0 Å². The van der Waals surface area contributed by atoms with Crippen molar-refractivity contribution in [3.05, 3.63) is 35.4 Å². The van der Waals surface area contributed by atoms with Crippen molar-refractivity contribution in [2.75, 3.05) is 27.8 Å². The molecule has 1 heterocycles. The van der Waals surface area contributed by atoms with Crippen LogP contribution in [0.25, 0.3) is 0 Å². The molecular weight excluding hydrogens is 442 g/mol. The average Bonchev–Trinajstić information content (AvgIpc) is 3.11. The van der Waals surface area contributed by atoms with E-state index in [1.54, 1.807) is 0 Å². The Balaban J connectivity index is 1.63. The van der Waals surface area contributed by atoms with E-state index in [4.69, 9.17) is 9.47 Å². The summed E-state index contributed by atoms with van der Waals surface area (Å²) in [5.74, 6) is 0.568. The van der Waals surface area contributed by atoms with Gasteiger partial charge in [-0.05, 0) is 62.5 Å². The summed E-state index contributed by atoms with van der Waals surface area (Å²) < 4.78 is 40.4. The highest BCUT2D eigenvalue weighted by atomic mass is 32.2. The number of aryl methyl sites for hydroxylation is 1. The lowest BCUT2D eigenvalue weighted by Crippen LogP contribution is -2.53. The van der Waals surface area contributed by atoms with Crippen molar-refractivity contribution in [2.24, 2.45) is 0 Å². The van der Waals surface area contributed by atoms with Crippen LogP contribution in [0.1, 0.15) is 63.0 Å². The third kappa shape index (κ3) is 6.33. The molecule has 1 saturated carbocycles. The van der Waals surface area contributed by atoms with Crippen molar-refractivity contribution in [1.82, 2.24) is 13.9 Å². The number of benzene rings is 1. The normalized spacial score (nSPS) is 30.1. The molecule has 9 heteroatoms. The van der Waals surface area contributed by atoms with Gasteiger partial charge in [-0.1, -0.05) is 31.2 Å². The number of nitrogens with zero attached hydrogens (tertiary/aromatic N) is 2. The van der Waals surface area contributed by atoms with Crippen molar-refractivity contribution >= 4 is 10.2 Å². The van der Waals surface area contributed by atoms with Gasteiger partial charge in [0, 0.05) is 33.3 Å². The molecule has 1 aliphatic heterocycles. The highest BCUT2D eigenvalue weighted by Gasteiger charge is 2.44. The van der Waals surface area contributed by atoms with Gasteiger partial charge in [-0.25, -0.2) is 4.90 Å². The SMILES string of the molecule is CCc1ccccc1[C@H]1CC[C@H](OC[C@H]2[C@@H](NS(=O)(=O)N(C)C)C[C@@H](C)N2C(O)OC)CC1. The van der Waals surface area contributed by atoms with Crippen molar-refractivity contribution in [1.29, 1.82) is 0 Å². The van der Waals surface area contributed by atoms with E-state index in [-0.39, 0.29) is 24.2 Å². The number of aliphatic hydroxyl groups is 1. The van der Waals surface area contributed by atoms with Crippen LogP contribution in [0.2, 0.25) is 0 Å². The molecule has 0 radical (unpaired) electrons. The molecule has 1 unspecified atom stereocenters. The molecule has 0 amide bonds. The first-order valence-electron chi connectivity index (χ1n) is 12.0. The number of aliphatic hydroxyl groups excluding tert-OH is 1. The van der Waals surface area contributed by atoms with E-state index in [0.717, 1.165) is 32.1 Å². The van der Waals surface area contributed by atoms with E-state index in [9.17, 15) is 13.5 Å². The van der Waals surface area contributed by atoms with Gasteiger partial charge in [0.1, 0.15) is 0 Å². The second-order valence-electron chi connectivity index (χ2n) is 9.53. The second kappa shape index (κ2) is 11.6. The molecule has 1 aromatic carbocycles. The molecule has 2 aliphatic rings. The van der Waals surface area contributed by atoms with E-state index in [2.05, 4.69) is 35.9 Å². The minimum absolute atomic E-state index is 0.0512. The number of methoxy groups -OCH3 is 1. The highest BCUT2D eigenvalue weighted by molar-refractivity contribution is 7.87. The molecule has 2 N–H and O–H groups in total. The average molecular weight is 484 g/mol. The highest BCUT2D eigenvalue weighted by Crippen LogP contribution is 2.36. The molecule has 1 aliphatic carbocycles. The Morgan fingerprint density at radius 3 is 2.48 bits per heavy atom. The molecule has 8 nitrogen and oxygen atoms in total. The third-order valence-corrected chi connectivity index (χ3v) is 8.81. The van der Waals surface area contributed by atoms with E-state index in [1.165, 1.54) is 36.6 Å². The Morgan fingerprint density at radius 1 is 1.21 bits per heavy atom. The van der Waals surface area contributed by atoms with Crippen LogP contribution in [0.5, 0.6) is 0 Å². The van der Waals surface area contributed by atoms with Gasteiger partial charge in [-0.15, -0.1) is 0 Å². The first-order chi connectivity index (χ1) is 15.7. The minimum atomic E-state index is -3.60. The molecule has 3 rings (SSSR count). The number of nitrogens with one attached hydrogen (secondary N) is 1. The quantitative estimate of drug-likeness (QED) is 0.497. The topological polar surface area (TPSA) is 91.3 Å². The predicted octanol–water partition coefficient (Wildman–Crippen LogP) is 2.44. The zero-order chi connectivity index (χ0) is 24.2. The van der Waals surface area contributed by atoms with Crippen LogP contribution in [0.15, 0.2) is 24.3 Å². The van der Waals surface area contributed by atoms with Crippen LogP contribution in [0.3, 0.4) is 0 Å². The Morgan fingerprint density at radius 2 is 1.88 bits per heavy atom. The zero-order valence-electron chi connectivity index (χ0n) is 20.6. The largest absolute Gasteiger partial charge is 0.377 e. The van der Waals surface area contributed by atoms with Gasteiger partial charge < -0.3 is 14.6 Å². The van der Waals surface area contributed by atoms with Gasteiger partial charge in [-0.3, -0.25) is 0 Å². The van der Waals surface area contributed by atoms with Crippen molar-refractivity contribution in [2.45, 2.75) is 88.9 Å². The lowest BCUT2D eigenvalue weighted by molar-refractivity contribution is -0.199. The summed E-state index contributed by atoms with van der Waals surface area (Å²) >= 11 is 0. The Labute approximate surface area is 199 Å². The minimum Gasteiger partial charge on any atom is -0.377 e. The molecule has 0 aromatic heterocycles. The Hall–Kier alpha value is -1.07. The summed E-state index contributed by atoms with van der Waals surface area (Å²) in [5.41, 5.74) is 2.90. The van der Waals surface area contributed by atoms with Gasteiger partial charge in [0.2, 0.25) is 6.41 Å². The predicted molar refractivity (Wildman–Crippen MR) is 129 cm³/mol. The van der Waals surface area contributed by atoms with Crippen molar-refractivity contribution in [3.63, 3.8) is 0 Å². The van der Waals surface area contributed by atoms with Gasteiger partial charge in [0.05, 0.1) is 18.8 Å². The van der Waals surface area contributed by atoms with Crippen LogP contribution in [0, 0.1) is 0 Å². The fourth-order valence-corrected chi connectivity index (χ4v) is 6.19. The summed E-state index contributed by atoms with van der Waals surface area (Å²) in [4.78, 5) is 1.81. The standard InChI is InChI=1S/C24H41N3O5S/c1-6-18-9-7-8-10-21(18)19-11-13-20(14-12-19)32-16-23-22(25-33(29,30)26(3)4)15-17(2)27(23)24(28)31-5/h7-10,17,19-20,22-25,28H,6,11-16H2,1-5H3/t17-,19-,20-,22+,23+,24?/m1/s1. The third-order valence-electron chi connectivity index (χ3n) is 7.25. The molecule has 33 heavy (non-hydrogen) atoms. The fourth-order valence-electron chi connectivity index (χ4n) is 5.34. The van der Waals surface area contributed by atoms with Gasteiger partial charge in [0.15, 0.2) is 0 Å². The Kier molecular flexibility index (Phi) is 9.31. The number of rotatable bonds is 10. The molecular formula is C24H41N3O5S. The van der Waals surface area contributed by atoms with Gasteiger partial charge >= 0.3 is 0 Å². The number of hydrogen-bond acceptors (Lipinski definition) is 6. The summed E-state index contributed by atoms with van der Waals surface area (Å²) in [6.07, 6.45) is 4.78. The van der Waals surface area contributed by atoms with Crippen molar-refractivity contribution in [3.8, 4) is 0 Å². The van der Waals surface area contributed by atoms with Crippen LogP contribution in [-0.2, 0) is 26.1 Å². The van der Waals surface area contributed by atoms with E-state index < -0.39 is 16.6 Å². The summed E-state index contributed by atoms with van der Waals surface area (Å²) in [5, 5.41) is 10.4. The lowest BCUT2D eigenvalue weighted by Gasteiger charge is -2.35. The maximum Gasteiger partial charge on any atom is 0.279 e. The van der Waals surface area contributed by atoms with Crippen LogP contribution in [0.4, 0.5) is 0 Å². The smallest absolute Gasteiger partial charge is 0.279 e. The summed E-state index contributed by atoms with van der Waals surface area (Å²) in [6.45, 7) is 4.51. The number of likely N-dealkylation sites (tertiary alicyclic amines) is 1. The molecule has 1 aromatic rings. The van der Waals surface area contributed by atoms with E-state index >= 15 is 0 Å². The van der Waals surface area contributed by atoms with Crippen LogP contribution in [-0.4, -0.2) is 81.2 Å².